The maximum Gasteiger partial charge on any atom is 0.271 e. The van der Waals surface area contributed by atoms with Gasteiger partial charge in [0.2, 0.25) is 5.95 Å². The second-order valence-corrected chi connectivity index (χ2v) is 6.58. The highest BCUT2D eigenvalue weighted by Gasteiger charge is 2.25. The van der Waals surface area contributed by atoms with Gasteiger partial charge in [-0.05, 0) is 13.0 Å². The van der Waals surface area contributed by atoms with Gasteiger partial charge in [-0.1, -0.05) is 0 Å². The zero-order chi connectivity index (χ0) is 18.1. The van der Waals surface area contributed by atoms with Gasteiger partial charge in [0.15, 0.2) is 0 Å². The number of nitrogens with zero attached hydrogens (tertiary/aromatic N) is 5. The summed E-state index contributed by atoms with van der Waals surface area (Å²) in [6, 6.07) is 1.77. The molecule has 2 aromatic heterocycles. The molecule has 0 aliphatic carbocycles. The molecule has 0 aromatic carbocycles. The largest absolute Gasteiger partial charge is 0.373 e. The third kappa shape index (κ3) is 3.40. The summed E-state index contributed by atoms with van der Waals surface area (Å²) in [7, 11) is 1.82. The molecule has 1 unspecified atom stereocenters. The number of morpholine rings is 1. The van der Waals surface area contributed by atoms with Gasteiger partial charge in [0.05, 0.1) is 31.6 Å². The summed E-state index contributed by atoms with van der Waals surface area (Å²) in [6.07, 6.45) is 1.71. The van der Waals surface area contributed by atoms with Crippen molar-refractivity contribution in [2.24, 2.45) is 7.05 Å². The monoisotopic (exact) mass is 358 g/mol. The Kier molecular flexibility index (Phi) is 4.56. The fraction of sp³-hybridized carbons (Fsp3) is 0.529. The summed E-state index contributed by atoms with van der Waals surface area (Å²) in [5.74, 6) is 0.495. The fourth-order valence-electron chi connectivity index (χ4n) is 3.08. The number of anilines is 1. The summed E-state index contributed by atoms with van der Waals surface area (Å²) in [4.78, 5) is 23.4. The van der Waals surface area contributed by atoms with Crippen molar-refractivity contribution in [1.29, 1.82) is 0 Å². The van der Waals surface area contributed by atoms with Crippen molar-refractivity contribution in [2.45, 2.75) is 26.2 Å². The minimum Gasteiger partial charge on any atom is -0.373 e. The topological polar surface area (TPSA) is 94.4 Å². The molecule has 0 bridgehead atoms. The molecule has 0 spiro atoms. The number of fused-ring (bicyclic) bond motifs is 1. The molecular formula is C17H22N6O3. The van der Waals surface area contributed by atoms with E-state index in [4.69, 9.17) is 9.47 Å². The third-order valence-corrected chi connectivity index (χ3v) is 4.70. The summed E-state index contributed by atoms with van der Waals surface area (Å²) in [5, 5.41) is 7.09. The van der Waals surface area contributed by atoms with Crippen LogP contribution in [0.5, 0.6) is 0 Å². The van der Waals surface area contributed by atoms with E-state index in [-0.39, 0.29) is 12.0 Å². The van der Waals surface area contributed by atoms with Gasteiger partial charge in [-0.3, -0.25) is 9.48 Å². The van der Waals surface area contributed by atoms with Crippen LogP contribution in [-0.4, -0.2) is 58.0 Å². The van der Waals surface area contributed by atoms with Crippen LogP contribution in [-0.2, 0) is 29.7 Å². The lowest BCUT2D eigenvalue weighted by atomic mass is 10.2. The van der Waals surface area contributed by atoms with Crippen molar-refractivity contribution in [2.75, 3.05) is 31.1 Å². The number of aryl methyl sites for hydroxylation is 2. The van der Waals surface area contributed by atoms with Gasteiger partial charge in [-0.15, -0.1) is 0 Å². The Morgan fingerprint density at radius 1 is 1.42 bits per heavy atom. The van der Waals surface area contributed by atoms with Crippen LogP contribution in [0.2, 0.25) is 0 Å². The smallest absolute Gasteiger partial charge is 0.271 e. The number of hydrogen-bond acceptors (Lipinski definition) is 7. The van der Waals surface area contributed by atoms with Crippen LogP contribution in [0.4, 0.5) is 5.95 Å². The number of hydrogen-bond donors (Lipinski definition) is 1. The van der Waals surface area contributed by atoms with E-state index < -0.39 is 0 Å². The van der Waals surface area contributed by atoms with Crippen LogP contribution in [0.3, 0.4) is 0 Å². The van der Waals surface area contributed by atoms with Crippen LogP contribution >= 0.6 is 0 Å². The zero-order valence-corrected chi connectivity index (χ0v) is 14.9. The summed E-state index contributed by atoms with van der Waals surface area (Å²) >= 11 is 0. The van der Waals surface area contributed by atoms with E-state index in [0.29, 0.717) is 44.6 Å². The van der Waals surface area contributed by atoms with Crippen molar-refractivity contribution >= 4 is 11.9 Å². The lowest BCUT2D eigenvalue weighted by molar-refractivity contribution is 0.0391. The highest BCUT2D eigenvalue weighted by atomic mass is 16.5. The van der Waals surface area contributed by atoms with E-state index in [0.717, 1.165) is 23.5 Å². The van der Waals surface area contributed by atoms with Crippen LogP contribution in [0.25, 0.3) is 0 Å². The van der Waals surface area contributed by atoms with E-state index in [2.05, 4.69) is 25.3 Å². The first-order chi connectivity index (χ1) is 12.6. The number of carbonyl (C=O) groups excluding carboxylic acids is 1. The van der Waals surface area contributed by atoms with Crippen LogP contribution in [0.15, 0.2) is 12.3 Å². The van der Waals surface area contributed by atoms with Gasteiger partial charge in [0, 0.05) is 44.1 Å². The number of aromatic nitrogens is 4. The Morgan fingerprint density at radius 2 is 2.31 bits per heavy atom. The van der Waals surface area contributed by atoms with E-state index in [1.807, 2.05) is 20.2 Å². The average Bonchev–Trinajstić information content (AvgIpc) is 3.26. The molecule has 1 amide bonds. The van der Waals surface area contributed by atoms with Crippen LogP contribution in [0, 0.1) is 6.92 Å². The van der Waals surface area contributed by atoms with Crippen LogP contribution in [0.1, 0.15) is 27.4 Å². The van der Waals surface area contributed by atoms with Gasteiger partial charge < -0.3 is 19.7 Å². The maximum atomic E-state index is 12.2. The summed E-state index contributed by atoms with van der Waals surface area (Å²) in [5.41, 5.74) is 3.36. The molecule has 2 aliphatic heterocycles. The first-order valence-corrected chi connectivity index (χ1v) is 8.68. The van der Waals surface area contributed by atoms with Crippen molar-refractivity contribution < 1.29 is 14.3 Å². The van der Waals surface area contributed by atoms with Gasteiger partial charge in [-0.2, -0.15) is 5.10 Å². The lowest BCUT2D eigenvalue weighted by Gasteiger charge is -2.33. The molecule has 9 nitrogen and oxygen atoms in total. The summed E-state index contributed by atoms with van der Waals surface area (Å²) in [6.45, 7) is 5.37. The average molecular weight is 358 g/mol. The Bertz CT molecular complexity index is 801. The molecule has 1 atom stereocenters. The highest BCUT2D eigenvalue weighted by molar-refractivity contribution is 5.92. The van der Waals surface area contributed by atoms with Crippen molar-refractivity contribution in [3.8, 4) is 0 Å². The van der Waals surface area contributed by atoms with E-state index >= 15 is 0 Å². The van der Waals surface area contributed by atoms with E-state index in [9.17, 15) is 4.79 Å². The molecule has 9 heteroatoms. The molecule has 0 saturated carbocycles. The third-order valence-electron chi connectivity index (χ3n) is 4.70. The highest BCUT2D eigenvalue weighted by Crippen LogP contribution is 2.20. The Labute approximate surface area is 151 Å². The van der Waals surface area contributed by atoms with Gasteiger partial charge in [0.1, 0.15) is 5.69 Å². The predicted molar refractivity (Wildman–Crippen MR) is 92.8 cm³/mol. The summed E-state index contributed by atoms with van der Waals surface area (Å²) < 4.78 is 12.9. The number of amides is 1. The fourth-order valence-corrected chi connectivity index (χ4v) is 3.08. The second-order valence-electron chi connectivity index (χ2n) is 6.58. The van der Waals surface area contributed by atoms with Gasteiger partial charge in [0.25, 0.3) is 5.91 Å². The minimum absolute atomic E-state index is 0.120. The molecule has 1 N–H and O–H groups in total. The predicted octanol–water partition coefficient (Wildman–Crippen LogP) is 0.184. The molecule has 1 fully saturated rings. The lowest BCUT2D eigenvalue weighted by Crippen LogP contribution is -2.48. The molecule has 4 heterocycles. The normalized spacial score (nSPS) is 19.5. The maximum absolute atomic E-state index is 12.2. The Morgan fingerprint density at radius 3 is 3.12 bits per heavy atom. The first kappa shape index (κ1) is 16.9. The first-order valence-electron chi connectivity index (χ1n) is 8.68. The number of rotatable bonds is 4. The molecule has 26 heavy (non-hydrogen) atoms. The van der Waals surface area contributed by atoms with Crippen molar-refractivity contribution in [3.05, 3.63) is 34.9 Å². The molecular weight excluding hydrogens is 336 g/mol. The van der Waals surface area contributed by atoms with Gasteiger partial charge >= 0.3 is 0 Å². The van der Waals surface area contributed by atoms with Crippen molar-refractivity contribution in [1.82, 2.24) is 25.1 Å². The minimum atomic E-state index is -0.194. The molecule has 0 radical (unpaired) electrons. The van der Waals surface area contributed by atoms with Crippen LogP contribution < -0.4 is 10.2 Å². The number of carbonyl (C=O) groups is 1. The quantitative estimate of drug-likeness (QED) is 0.833. The SMILES string of the molecule is Cc1cc(C(=O)NCC2CN(c3ncc4c(n3)COC4)CCO2)nn1C. The zero-order valence-electron chi connectivity index (χ0n) is 14.9. The number of ether oxygens (including phenoxy) is 2. The molecule has 2 aromatic rings. The van der Waals surface area contributed by atoms with E-state index in [1.54, 1.807) is 10.7 Å². The Hall–Kier alpha value is -2.52. The number of nitrogens with one attached hydrogen (secondary N) is 1. The molecule has 1 saturated heterocycles. The molecule has 4 rings (SSSR count). The van der Waals surface area contributed by atoms with E-state index in [1.165, 1.54) is 0 Å². The molecule has 138 valence electrons. The standard InChI is InChI=1S/C17H22N6O3/c1-11-5-14(21-22(11)2)16(24)18-7-13-8-23(3-4-26-13)17-19-6-12-9-25-10-15(12)20-17/h5-6,13H,3-4,7-10H2,1-2H3,(H,18,24). The van der Waals surface area contributed by atoms with Crippen molar-refractivity contribution in [3.63, 3.8) is 0 Å². The molecule has 2 aliphatic rings. The Balaban J connectivity index is 1.35. The van der Waals surface area contributed by atoms with Gasteiger partial charge in [-0.25, -0.2) is 9.97 Å². The second kappa shape index (κ2) is 7.00.